The maximum atomic E-state index is 5.91. The molecule has 0 N–H and O–H groups in total. The molecule has 6 radical (unpaired) electrons. The molecule has 0 saturated carbocycles. The highest BCUT2D eigenvalue weighted by atomic mass is 14.3. The van der Waals surface area contributed by atoms with Gasteiger partial charge in [-0.1, -0.05) is 71.6 Å². The summed E-state index contributed by atoms with van der Waals surface area (Å²) < 4.78 is 0. The Morgan fingerprint density at radius 2 is 1.52 bits per heavy atom. The molecule has 0 saturated heterocycles. The lowest BCUT2D eigenvalue weighted by Gasteiger charge is -2.40. The van der Waals surface area contributed by atoms with Crippen molar-refractivity contribution < 1.29 is 0 Å². The Morgan fingerprint density at radius 3 is 2.05 bits per heavy atom. The van der Waals surface area contributed by atoms with Crippen molar-refractivity contribution in [1.82, 2.24) is 0 Å². The van der Waals surface area contributed by atoms with Gasteiger partial charge in [-0.15, -0.1) is 11.0 Å². The summed E-state index contributed by atoms with van der Waals surface area (Å²) in [5, 5.41) is -1.24. The first-order chi connectivity index (χ1) is 9.77. The van der Waals surface area contributed by atoms with Gasteiger partial charge < -0.3 is 0 Å². The van der Waals surface area contributed by atoms with Crippen LogP contribution in [-0.2, 0) is 0 Å². The molecular weight excluding hydrogens is 249 g/mol. The topological polar surface area (TPSA) is 0 Å². The first-order valence-corrected chi connectivity index (χ1v) is 8.57. The molecule has 3 heteroatoms. The second-order valence-electron chi connectivity index (χ2n) is 6.84. The van der Waals surface area contributed by atoms with Crippen LogP contribution < -0.4 is 0 Å². The molecule has 2 unspecified atom stereocenters. The lowest BCUT2D eigenvalue weighted by Crippen LogP contribution is -2.34. The molecule has 2 atom stereocenters. The van der Waals surface area contributed by atoms with Crippen LogP contribution in [0, 0.1) is 23.2 Å². The minimum absolute atomic E-state index is 0.517. The van der Waals surface area contributed by atoms with Gasteiger partial charge in [-0.05, 0) is 25.7 Å². The minimum Gasteiger partial charge on any atom is -0.115 e. The number of hydrogen-bond donors (Lipinski definition) is 0. The third-order valence-corrected chi connectivity index (χ3v) is 4.54. The lowest BCUT2D eigenvalue weighted by atomic mass is 9.32. The molecule has 0 aliphatic rings. The van der Waals surface area contributed by atoms with E-state index in [1.165, 1.54) is 44.9 Å². The molecule has 0 spiro atoms. The maximum absolute atomic E-state index is 5.91. The van der Waals surface area contributed by atoms with Crippen LogP contribution in [0.25, 0.3) is 0 Å². The van der Waals surface area contributed by atoms with E-state index in [2.05, 4.69) is 25.7 Å². The molecule has 0 bridgehead atoms. The van der Waals surface area contributed by atoms with Crippen molar-refractivity contribution in [3.05, 3.63) is 0 Å². The van der Waals surface area contributed by atoms with Crippen molar-refractivity contribution >= 4 is 23.5 Å². The van der Waals surface area contributed by atoms with Gasteiger partial charge in [-0.25, -0.2) is 0 Å². The standard InChI is InChI=1S/C18H31B3/c1-5-7-8-9-10-11-12-16(3)13-15-17(4,14-6-2)18(19,20)21/h16H,5,7-13,15H2,1-4H3. The molecule has 0 nitrogen and oxygen atoms in total. The fourth-order valence-electron chi connectivity index (χ4n) is 2.62. The van der Waals surface area contributed by atoms with Gasteiger partial charge in [0.05, 0.1) is 23.5 Å². The zero-order valence-corrected chi connectivity index (χ0v) is 14.7. The van der Waals surface area contributed by atoms with Crippen LogP contribution in [0.5, 0.6) is 0 Å². The van der Waals surface area contributed by atoms with Crippen molar-refractivity contribution in [3.63, 3.8) is 0 Å². The third kappa shape index (κ3) is 8.70. The van der Waals surface area contributed by atoms with Gasteiger partial charge in [0.25, 0.3) is 0 Å². The average Bonchev–Trinajstić information content (AvgIpc) is 2.39. The number of unbranched alkanes of at least 4 members (excludes halogenated alkanes) is 5. The first-order valence-electron chi connectivity index (χ1n) is 8.57. The van der Waals surface area contributed by atoms with E-state index in [-0.39, 0.29) is 0 Å². The van der Waals surface area contributed by atoms with Gasteiger partial charge in [0.1, 0.15) is 0 Å². The summed E-state index contributed by atoms with van der Waals surface area (Å²) in [6.07, 6.45) is 11.3. The second-order valence-corrected chi connectivity index (χ2v) is 6.84. The molecule has 0 fully saturated rings. The fraction of sp³-hybridized carbons (Fsp3) is 0.889. The first kappa shape index (κ1) is 20.8. The second kappa shape index (κ2) is 10.5. The summed E-state index contributed by atoms with van der Waals surface area (Å²) in [5.74, 6) is 6.72. The smallest absolute Gasteiger partial charge is 0.0526 e. The van der Waals surface area contributed by atoms with E-state index in [1.807, 2.05) is 13.8 Å². The zero-order chi connectivity index (χ0) is 16.4. The molecule has 0 amide bonds. The van der Waals surface area contributed by atoms with E-state index in [9.17, 15) is 0 Å². The fourth-order valence-corrected chi connectivity index (χ4v) is 2.62. The Bertz CT molecular complexity index is 322. The Labute approximate surface area is 137 Å². The largest absolute Gasteiger partial charge is 0.115 e. The average molecular weight is 280 g/mol. The van der Waals surface area contributed by atoms with Gasteiger partial charge in [0, 0.05) is 5.41 Å². The highest BCUT2D eigenvalue weighted by molar-refractivity contribution is 6.59. The zero-order valence-electron chi connectivity index (χ0n) is 14.7. The van der Waals surface area contributed by atoms with Gasteiger partial charge in [0.15, 0.2) is 0 Å². The molecule has 0 rings (SSSR count). The van der Waals surface area contributed by atoms with Crippen LogP contribution >= 0.6 is 0 Å². The van der Waals surface area contributed by atoms with Crippen LogP contribution in [-0.4, -0.2) is 23.5 Å². The van der Waals surface area contributed by atoms with Crippen molar-refractivity contribution in [1.29, 1.82) is 0 Å². The summed E-state index contributed by atoms with van der Waals surface area (Å²) in [6.45, 7) is 8.34. The molecule has 0 aromatic heterocycles. The Hall–Kier alpha value is -0.245. The van der Waals surface area contributed by atoms with Gasteiger partial charge in [-0.2, -0.15) is 0 Å². The van der Waals surface area contributed by atoms with Crippen molar-refractivity contribution in [2.24, 2.45) is 11.3 Å². The minimum atomic E-state index is -1.24. The molecule has 0 heterocycles. The van der Waals surface area contributed by atoms with Crippen molar-refractivity contribution in [3.8, 4) is 11.8 Å². The SMILES string of the molecule is [B]C([B])([B])C(C)(C#CC)CCC(C)CCCCCCCC. The van der Waals surface area contributed by atoms with Crippen LogP contribution in [0.2, 0.25) is 5.11 Å². The molecule has 0 aromatic rings. The van der Waals surface area contributed by atoms with Crippen molar-refractivity contribution in [2.75, 3.05) is 0 Å². The summed E-state index contributed by atoms with van der Waals surface area (Å²) >= 11 is 0. The van der Waals surface area contributed by atoms with Crippen LogP contribution in [0.15, 0.2) is 0 Å². The Morgan fingerprint density at radius 1 is 0.952 bits per heavy atom. The third-order valence-electron chi connectivity index (χ3n) is 4.54. The molecular formula is C18H31B3. The summed E-state index contributed by atoms with van der Waals surface area (Å²) in [7, 11) is 17.7. The Kier molecular flexibility index (Phi) is 10.4. The van der Waals surface area contributed by atoms with Crippen LogP contribution in [0.1, 0.15) is 85.5 Å². The van der Waals surface area contributed by atoms with Crippen molar-refractivity contribution in [2.45, 2.75) is 90.6 Å². The normalized spacial score (nSPS) is 15.8. The summed E-state index contributed by atoms with van der Waals surface area (Å²) in [5.41, 5.74) is -0.517. The lowest BCUT2D eigenvalue weighted by molar-refractivity contribution is 0.341. The molecule has 112 valence electrons. The van der Waals surface area contributed by atoms with Crippen LogP contribution in [0.4, 0.5) is 0 Å². The Balaban J connectivity index is 4.04. The monoisotopic (exact) mass is 280 g/mol. The van der Waals surface area contributed by atoms with E-state index in [1.54, 1.807) is 0 Å². The predicted molar refractivity (Wildman–Crippen MR) is 97.9 cm³/mol. The van der Waals surface area contributed by atoms with Crippen LogP contribution in [0.3, 0.4) is 0 Å². The van der Waals surface area contributed by atoms with E-state index < -0.39 is 10.5 Å². The van der Waals surface area contributed by atoms with E-state index in [0.717, 1.165) is 12.8 Å². The molecule has 0 aliphatic carbocycles. The molecule has 21 heavy (non-hydrogen) atoms. The van der Waals surface area contributed by atoms with E-state index in [4.69, 9.17) is 23.5 Å². The van der Waals surface area contributed by atoms with E-state index >= 15 is 0 Å². The highest BCUT2D eigenvalue weighted by Gasteiger charge is 2.34. The van der Waals surface area contributed by atoms with Gasteiger partial charge >= 0.3 is 0 Å². The summed E-state index contributed by atoms with van der Waals surface area (Å²) in [6, 6.07) is 0. The van der Waals surface area contributed by atoms with Gasteiger partial charge in [-0.3, -0.25) is 0 Å². The quantitative estimate of drug-likeness (QED) is 0.291. The predicted octanol–water partition coefficient (Wildman–Crippen LogP) is 4.76. The van der Waals surface area contributed by atoms with E-state index in [0.29, 0.717) is 5.92 Å². The molecule has 0 aromatic carbocycles. The highest BCUT2D eigenvalue weighted by Crippen LogP contribution is 2.41. The summed E-state index contributed by atoms with van der Waals surface area (Å²) in [4.78, 5) is 0. The number of rotatable bonds is 11. The molecule has 0 aliphatic heterocycles. The maximum Gasteiger partial charge on any atom is 0.0526 e. The number of hydrogen-bond acceptors (Lipinski definition) is 0. The van der Waals surface area contributed by atoms with Gasteiger partial charge in [0.2, 0.25) is 0 Å².